The molecule has 1 atom stereocenters. The van der Waals surface area contributed by atoms with E-state index in [-0.39, 0.29) is 29.3 Å². The third-order valence-corrected chi connectivity index (χ3v) is 10.1. The molecule has 43 heavy (non-hydrogen) atoms. The van der Waals surface area contributed by atoms with Crippen LogP contribution in [-0.4, -0.2) is 43.8 Å². The summed E-state index contributed by atoms with van der Waals surface area (Å²) in [5, 5.41) is 3.19. The van der Waals surface area contributed by atoms with E-state index in [1.807, 2.05) is 56.3 Å². The normalized spacial score (nSPS) is 14.7. The van der Waals surface area contributed by atoms with Crippen molar-refractivity contribution in [3.8, 4) is 0 Å². The molecule has 0 aromatic heterocycles. The van der Waals surface area contributed by atoms with E-state index < -0.39 is 28.5 Å². The summed E-state index contributed by atoms with van der Waals surface area (Å²) in [6.07, 6.45) is 5.61. The summed E-state index contributed by atoms with van der Waals surface area (Å²) >= 11 is 0. The molecule has 230 valence electrons. The van der Waals surface area contributed by atoms with Gasteiger partial charge in [0.15, 0.2) is 0 Å². The van der Waals surface area contributed by atoms with Crippen molar-refractivity contribution in [2.75, 3.05) is 10.8 Å². The van der Waals surface area contributed by atoms with Crippen molar-refractivity contribution in [1.82, 2.24) is 10.2 Å². The number of hydrogen-bond acceptors (Lipinski definition) is 4. The first-order chi connectivity index (χ1) is 20.6. The Morgan fingerprint density at radius 1 is 0.884 bits per heavy atom. The smallest absolute Gasteiger partial charge is 0.264 e. The van der Waals surface area contributed by atoms with Gasteiger partial charge in [-0.3, -0.25) is 13.9 Å². The van der Waals surface area contributed by atoms with Gasteiger partial charge in [0.1, 0.15) is 12.6 Å². The molecule has 0 aliphatic heterocycles. The van der Waals surface area contributed by atoms with Crippen molar-refractivity contribution in [2.45, 2.75) is 95.7 Å². The zero-order valence-electron chi connectivity index (χ0n) is 25.8. The zero-order chi connectivity index (χ0) is 31.0. The Bertz CT molecular complexity index is 1450. The fourth-order valence-corrected chi connectivity index (χ4v) is 7.05. The van der Waals surface area contributed by atoms with E-state index in [1.165, 1.54) is 10.7 Å². The first-order valence-corrected chi connectivity index (χ1v) is 16.9. The van der Waals surface area contributed by atoms with Gasteiger partial charge >= 0.3 is 0 Å². The first-order valence-electron chi connectivity index (χ1n) is 15.4. The molecule has 1 saturated carbocycles. The third-order valence-electron chi connectivity index (χ3n) is 8.27. The summed E-state index contributed by atoms with van der Waals surface area (Å²) < 4.78 is 29.4. The zero-order valence-corrected chi connectivity index (χ0v) is 26.6. The van der Waals surface area contributed by atoms with Gasteiger partial charge in [-0.05, 0) is 67.5 Å². The predicted molar refractivity (Wildman–Crippen MR) is 172 cm³/mol. The molecular formula is C35H45N3O4S. The van der Waals surface area contributed by atoms with E-state index in [1.54, 1.807) is 41.3 Å². The number of rotatable bonds is 12. The van der Waals surface area contributed by atoms with Crippen molar-refractivity contribution in [1.29, 1.82) is 0 Å². The van der Waals surface area contributed by atoms with Gasteiger partial charge in [0.05, 0.1) is 10.6 Å². The largest absolute Gasteiger partial charge is 0.352 e. The Balaban J connectivity index is 1.70. The number of anilines is 1. The number of amides is 2. The average molecular weight is 604 g/mol. The maximum Gasteiger partial charge on any atom is 0.264 e. The Hall–Kier alpha value is -3.65. The van der Waals surface area contributed by atoms with Gasteiger partial charge in [0, 0.05) is 12.6 Å². The van der Waals surface area contributed by atoms with Gasteiger partial charge in [0.2, 0.25) is 11.8 Å². The van der Waals surface area contributed by atoms with Crippen molar-refractivity contribution in [2.24, 2.45) is 0 Å². The van der Waals surface area contributed by atoms with E-state index in [9.17, 15) is 18.0 Å². The van der Waals surface area contributed by atoms with Crippen LogP contribution in [0.2, 0.25) is 0 Å². The molecule has 3 aromatic rings. The van der Waals surface area contributed by atoms with Crippen LogP contribution in [0.15, 0.2) is 83.8 Å². The molecule has 1 N–H and O–H groups in total. The van der Waals surface area contributed by atoms with Gasteiger partial charge < -0.3 is 10.2 Å². The Kier molecular flexibility index (Phi) is 11.0. The molecular weight excluding hydrogens is 558 g/mol. The minimum absolute atomic E-state index is 0.0989. The molecule has 1 aliphatic rings. The van der Waals surface area contributed by atoms with Gasteiger partial charge in [-0.1, -0.05) is 100 Å². The van der Waals surface area contributed by atoms with Gasteiger partial charge in [-0.15, -0.1) is 0 Å². The van der Waals surface area contributed by atoms with Crippen LogP contribution in [-0.2, 0) is 26.2 Å². The Morgan fingerprint density at radius 3 is 2.09 bits per heavy atom. The SMILES string of the molecule is CCC(C(=O)NC1CCCCC1)N(Cc1ccccc1)C(=O)CN(c1ccc(C(C)C)cc1)S(=O)(=O)c1ccc(C)cc1. The molecule has 1 aliphatic carbocycles. The van der Waals surface area contributed by atoms with Crippen LogP contribution in [0.1, 0.15) is 81.9 Å². The highest BCUT2D eigenvalue weighted by molar-refractivity contribution is 7.92. The van der Waals surface area contributed by atoms with Crippen molar-refractivity contribution in [3.63, 3.8) is 0 Å². The van der Waals surface area contributed by atoms with Crippen LogP contribution < -0.4 is 9.62 Å². The number of nitrogens with one attached hydrogen (secondary N) is 1. The minimum atomic E-state index is -4.10. The molecule has 0 saturated heterocycles. The van der Waals surface area contributed by atoms with Crippen LogP contribution in [0.5, 0.6) is 0 Å². The van der Waals surface area contributed by atoms with E-state index in [4.69, 9.17) is 0 Å². The molecule has 0 heterocycles. The molecule has 8 heteroatoms. The maximum atomic E-state index is 14.3. The number of hydrogen-bond donors (Lipinski definition) is 1. The number of aryl methyl sites for hydroxylation is 1. The summed E-state index contributed by atoms with van der Waals surface area (Å²) in [4.78, 5) is 29.6. The lowest BCUT2D eigenvalue weighted by Crippen LogP contribution is -2.54. The lowest BCUT2D eigenvalue weighted by molar-refractivity contribution is -0.140. The summed E-state index contributed by atoms with van der Waals surface area (Å²) in [6.45, 7) is 7.70. The average Bonchev–Trinajstić information content (AvgIpc) is 3.01. The second-order valence-corrected chi connectivity index (χ2v) is 13.7. The Morgan fingerprint density at radius 2 is 1.51 bits per heavy atom. The lowest BCUT2D eigenvalue weighted by Gasteiger charge is -2.34. The van der Waals surface area contributed by atoms with Crippen molar-refractivity contribution in [3.05, 3.63) is 95.6 Å². The summed E-state index contributed by atoms with van der Waals surface area (Å²) in [5.74, 6) is -0.349. The summed E-state index contributed by atoms with van der Waals surface area (Å²) in [5.41, 5.74) is 3.28. The molecule has 1 fully saturated rings. The van der Waals surface area contributed by atoms with E-state index >= 15 is 0 Å². The van der Waals surface area contributed by atoms with Gasteiger partial charge in [-0.2, -0.15) is 0 Å². The topological polar surface area (TPSA) is 86.8 Å². The first kappa shape index (κ1) is 32.3. The highest BCUT2D eigenvalue weighted by atomic mass is 32.2. The second-order valence-electron chi connectivity index (χ2n) is 11.8. The van der Waals surface area contributed by atoms with E-state index in [2.05, 4.69) is 19.2 Å². The monoisotopic (exact) mass is 603 g/mol. The van der Waals surface area contributed by atoms with E-state index in [0.717, 1.165) is 42.4 Å². The molecule has 7 nitrogen and oxygen atoms in total. The molecule has 0 radical (unpaired) electrons. The van der Waals surface area contributed by atoms with E-state index in [0.29, 0.717) is 12.1 Å². The molecule has 3 aromatic carbocycles. The van der Waals surface area contributed by atoms with Crippen molar-refractivity contribution >= 4 is 27.5 Å². The fourth-order valence-electron chi connectivity index (χ4n) is 5.64. The van der Waals surface area contributed by atoms with Gasteiger partial charge in [0.25, 0.3) is 10.0 Å². The molecule has 0 bridgehead atoms. The van der Waals surface area contributed by atoms with Gasteiger partial charge in [-0.25, -0.2) is 8.42 Å². The highest BCUT2D eigenvalue weighted by Crippen LogP contribution is 2.27. The summed E-state index contributed by atoms with van der Waals surface area (Å²) in [6, 6.07) is 22.8. The van der Waals surface area contributed by atoms with Crippen molar-refractivity contribution < 1.29 is 18.0 Å². The molecule has 2 amide bonds. The fraction of sp³-hybridized carbons (Fsp3) is 0.429. The minimum Gasteiger partial charge on any atom is -0.352 e. The van der Waals surface area contributed by atoms with Crippen LogP contribution in [0.25, 0.3) is 0 Å². The molecule has 1 unspecified atom stereocenters. The number of benzene rings is 3. The Labute approximate surface area is 257 Å². The van der Waals surface area contributed by atoms with Crippen LogP contribution in [0.4, 0.5) is 5.69 Å². The predicted octanol–water partition coefficient (Wildman–Crippen LogP) is 6.57. The summed E-state index contributed by atoms with van der Waals surface area (Å²) in [7, 11) is -4.10. The van der Waals surface area contributed by atoms with Crippen LogP contribution in [0.3, 0.4) is 0 Å². The van der Waals surface area contributed by atoms with Crippen LogP contribution in [0, 0.1) is 6.92 Å². The number of sulfonamides is 1. The lowest BCUT2D eigenvalue weighted by atomic mass is 9.95. The molecule has 4 rings (SSSR count). The quantitative estimate of drug-likeness (QED) is 0.254. The molecule has 0 spiro atoms. The second kappa shape index (κ2) is 14.7. The standard InChI is InChI=1S/C35H45N3O4S/c1-5-33(35(40)36-30-14-10-7-11-15-30)37(24-28-12-8-6-9-13-28)34(39)25-38(31-20-18-29(19-21-31)26(2)3)43(41,42)32-22-16-27(4)17-23-32/h6,8-9,12-13,16-23,26,30,33H,5,7,10-11,14-15,24-25H2,1-4H3,(H,36,40). The maximum absolute atomic E-state index is 14.3. The van der Waals surface area contributed by atoms with Crippen LogP contribution >= 0.6 is 0 Å². The number of carbonyl (C=O) groups excluding carboxylic acids is 2. The third kappa shape index (κ3) is 8.25. The number of nitrogens with zero attached hydrogens (tertiary/aromatic N) is 2. The highest BCUT2D eigenvalue weighted by Gasteiger charge is 2.34. The number of carbonyl (C=O) groups is 2.